The first-order valence-electron chi connectivity index (χ1n) is 6.53. The van der Waals surface area contributed by atoms with E-state index in [1.54, 1.807) is 25.1 Å². The molecule has 2 rings (SSSR count). The molecule has 2 aromatic carbocycles. The van der Waals surface area contributed by atoms with Gasteiger partial charge in [-0.1, -0.05) is 23.7 Å². The third kappa shape index (κ3) is 3.06. The summed E-state index contributed by atoms with van der Waals surface area (Å²) in [5.74, 6) is -0.971. The zero-order valence-corrected chi connectivity index (χ0v) is 12.4. The molecule has 0 aliphatic carbocycles. The smallest absolute Gasteiger partial charge is 0.249 e. The molecular formula is C16H16ClFN2O. The van der Waals surface area contributed by atoms with Gasteiger partial charge >= 0.3 is 0 Å². The van der Waals surface area contributed by atoms with E-state index in [4.69, 9.17) is 23.1 Å². The van der Waals surface area contributed by atoms with Crippen LogP contribution >= 0.6 is 11.6 Å². The highest BCUT2D eigenvalue weighted by Crippen LogP contribution is 2.34. The van der Waals surface area contributed by atoms with Crippen LogP contribution in [-0.4, -0.2) is 12.5 Å². The number of rotatable bonds is 4. The normalized spacial score (nSPS) is 10.7. The van der Waals surface area contributed by atoms with Crippen LogP contribution in [0.2, 0.25) is 5.02 Å². The molecule has 0 saturated heterocycles. The Bertz CT molecular complexity index is 701. The number of amides is 1. The number of hydrogen-bond acceptors (Lipinski definition) is 2. The molecule has 0 spiro atoms. The molecule has 0 aliphatic heterocycles. The second kappa shape index (κ2) is 6.24. The summed E-state index contributed by atoms with van der Waals surface area (Å²) >= 11 is 6.17. The summed E-state index contributed by atoms with van der Waals surface area (Å²) in [7, 11) is 0. The van der Waals surface area contributed by atoms with Crippen molar-refractivity contribution in [3.63, 3.8) is 0 Å². The summed E-state index contributed by atoms with van der Waals surface area (Å²) in [5.41, 5.74) is 14.0. The molecule has 0 unspecified atom stereocenters. The molecule has 0 fully saturated rings. The molecule has 3 nitrogen and oxygen atoms in total. The van der Waals surface area contributed by atoms with Gasteiger partial charge < -0.3 is 11.5 Å². The van der Waals surface area contributed by atoms with Crippen LogP contribution < -0.4 is 11.5 Å². The lowest BCUT2D eigenvalue weighted by Gasteiger charge is -2.17. The van der Waals surface area contributed by atoms with Crippen LogP contribution in [0.15, 0.2) is 30.3 Å². The Hall–Kier alpha value is -1.91. The minimum absolute atomic E-state index is 0.316. The predicted molar refractivity (Wildman–Crippen MR) is 82.9 cm³/mol. The Morgan fingerprint density at radius 3 is 2.62 bits per heavy atom. The third-order valence-corrected chi connectivity index (χ3v) is 3.77. The number of primary amides is 1. The fourth-order valence-corrected chi connectivity index (χ4v) is 2.66. The van der Waals surface area contributed by atoms with Crippen molar-refractivity contribution in [2.75, 3.05) is 6.54 Å². The summed E-state index contributed by atoms with van der Waals surface area (Å²) in [6.45, 7) is 2.11. The molecule has 0 aliphatic rings. The molecule has 0 aromatic heterocycles. The molecule has 5 heteroatoms. The summed E-state index contributed by atoms with van der Waals surface area (Å²) in [6, 6.07) is 7.80. The monoisotopic (exact) mass is 306 g/mol. The van der Waals surface area contributed by atoms with Crippen molar-refractivity contribution in [3.05, 3.63) is 57.9 Å². The summed E-state index contributed by atoms with van der Waals surface area (Å²) < 4.78 is 13.5. The molecule has 0 atom stereocenters. The number of halogens is 2. The van der Waals surface area contributed by atoms with E-state index in [1.165, 1.54) is 12.1 Å². The quantitative estimate of drug-likeness (QED) is 0.911. The SMILES string of the molecule is Cc1c(Cl)cc(CCN)c(-c2cccc(F)c2)c1C(N)=O. The second-order valence-electron chi connectivity index (χ2n) is 4.81. The van der Waals surface area contributed by atoms with E-state index in [0.717, 1.165) is 5.56 Å². The number of carbonyl (C=O) groups excluding carboxylic acids is 1. The first kappa shape index (κ1) is 15.5. The van der Waals surface area contributed by atoms with Gasteiger partial charge in [-0.05, 0) is 60.3 Å². The lowest BCUT2D eigenvalue weighted by molar-refractivity contribution is 0.1000. The van der Waals surface area contributed by atoms with Crippen molar-refractivity contribution in [2.24, 2.45) is 11.5 Å². The highest BCUT2D eigenvalue weighted by molar-refractivity contribution is 6.32. The maximum absolute atomic E-state index is 13.5. The average Bonchev–Trinajstić information content (AvgIpc) is 2.42. The van der Waals surface area contributed by atoms with Gasteiger partial charge in [0.15, 0.2) is 0 Å². The van der Waals surface area contributed by atoms with E-state index in [-0.39, 0.29) is 5.82 Å². The van der Waals surface area contributed by atoms with Gasteiger partial charge in [-0.25, -0.2) is 4.39 Å². The van der Waals surface area contributed by atoms with Gasteiger partial charge in [-0.2, -0.15) is 0 Å². The van der Waals surface area contributed by atoms with Crippen molar-refractivity contribution >= 4 is 17.5 Å². The van der Waals surface area contributed by atoms with Crippen LogP contribution in [0, 0.1) is 12.7 Å². The zero-order chi connectivity index (χ0) is 15.6. The van der Waals surface area contributed by atoms with E-state index in [1.807, 2.05) is 0 Å². The second-order valence-corrected chi connectivity index (χ2v) is 5.21. The van der Waals surface area contributed by atoms with Gasteiger partial charge in [0.05, 0.1) is 5.56 Å². The van der Waals surface area contributed by atoms with Crippen molar-refractivity contribution < 1.29 is 9.18 Å². The molecule has 2 aromatic rings. The highest BCUT2D eigenvalue weighted by Gasteiger charge is 2.20. The van der Waals surface area contributed by atoms with Gasteiger partial charge in [0.1, 0.15) is 5.82 Å². The van der Waals surface area contributed by atoms with E-state index in [0.29, 0.717) is 40.2 Å². The van der Waals surface area contributed by atoms with Crippen molar-refractivity contribution in [1.29, 1.82) is 0 Å². The number of nitrogens with two attached hydrogens (primary N) is 2. The van der Waals surface area contributed by atoms with Crippen LogP contribution in [0.25, 0.3) is 11.1 Å². The zero-order valence-electron chi connectivity index (χ0n) is 11.6. The van der Waals surface area contributed by atoms with Gasteiger partial charge in [0.2, 0.25) is 5.91 Å². The number of hydrogen-bond donors (Lipinski definition) is 2. The van der Waals surface area contributed by atoms with Crippen LogP contribution in [0.3, 0.4) is 0 Å². The molecule has 110 valence electrons. The van der Waals surface area contributed by atoms with Gasteiger partial charge in [-0.15, -0.1) is 0 Å². The molecule has 0 bridgehead atoms. The van der Waals surface area contributed by atoms with Crippen molar-refractivity contribution in [1.82, 2.24) is 0 Å². The number of benzene rings is 2. The van der Waals surface area contributed by atoms with Crippen LogP contribution in [0.4, 0.5) is 4.39 Å². The van der Waals surface area contributed by atoms with Gasteiger partial charge in [-0.3, -0.25) is 4.79 Å². The lowest BCUT2D eigenvalue weighted by atomic mass is 9.89. The lowest BCUT2D eigenvalue weighted by Crippen LogP contribution is -2.17. The molecule has 0 heterocycles. The molecular weight excluding hydrogens is 291 g/mol. The molecule has 0 radical (unpaired) electrons. The van der Waals surface area contributed by atoms with E-state index < -0.39 is 5.91 Å². The molecule has 21 heavy (non-hydrogen) atoms. The maximum Gasteiger partial charge on any atom is 0.249 e. The Kier molecular flexibility index (Phi) is 4.60. The maximum atomic E-state index is 13.5. The summed E-state index contributed by atoms with van der Waals surface area (Å²) in [4.78, 5) is 11.8. The first-order valence-corrected chi connectivity index (χ1v) is 6.91. The standard InChI is InChI=1S/C16H16ClFN2O/c1-9-13(17)8-11(5-6-19)15(14(9)16(20)21)10-3-2-4-12(18)7-10/h2-4,7-8H,5-6,19H2,1H3,(H2,20,21). The van der Waals surface area contributed by atoms with E-state index in [9.17, 15) is 9.18 Å². The fraction of sp³-hybridized carbons (Fsp3) is 0.188. The van der Waals surface area contributed by atoms with E-state index in [2.05, 4.69) is 0 Å². The Balaban J connectivity index is 2.83. The highest BCUT2D eigenvalue weighted by atomic mass is 35.5. The van der Waals surface area contributed by atoms with Gasteiger partial charge in [0, 0.05) is 5.02 Å². The Morgan fingerprint density at radius 2 is 2.05 bits per heavy atom. The van der Waals surface area contributed by atoms with Gasteiger partial charge in [0.25, 0.3) is 0 Å². The van der Waals surface area contributed by atoms with Crippen molar-refractivity contribution in [3.8, 4) is 11.1 Å². The van der Waals surface area contributed by atoms with E-state index >= 15 is 0 Å². The topological polar surface area (TPSA) is 69.1 Å². The predicted octanol–water partition coefficient (Wildman–Crippen LogP) is 3.05. The molecule has 0 saturated carbocycles. The minimum Gasteiger partial charge on any atom is -0.366 e. The fourth-order valence-electron chi connectivity index (χ4n) is 2.44. The summed E-state index contributed by atoms with van der Waals surface area (Å²) in [6.07, 6.45) is 0.520. The van der Waals surface area contributed by atoms with Crippen molar-refractivity contribution in [2.45, 2.75) is 13.3 Å². The summed E-state index contributed by atoms with van der Waals surface area (Å²) in [5, 5.41) is 0.451. The number of carbonyl (C=O) groups is 1. The largest absolute Gasteiger partial charge is 0.366 e. The molecule has 1 amide bonds. The Morgan fingerprint density at radius 1 is 1.33 bits per heavy atom. The minimum atomic E-state index is -0.590. The third-order valence-electron chi connectivity index (χ3n) is 3.38. The molecule has 4 N–H and O–H groups in total. The van der Waals surface area contributed by atoms with Crippen LogP contribution in [-0.2, 0) is 6.42 Å². The first-order chi connectivity index (χ1) is 9.95. The van der Waals surface area contributed by atoms with Crippen LogP contribution in [0.5, 0.6) is 0 Å². The average molecular weight is 307 g/mol. The Labute approximate surface area is 127 Å². The van der Waals surface area contributed by atoms with Crippen LogP contribution in [0.1, 0.15) is 21.5 Å².